The predicted molar refractivity (Wildman–Crippen MR) is 90.2 cm³/mol. The number of thioether (sulfide) groups is 1. The lowest BCUT2D eigenvalue weighted by molar-refractivity contribution is -0.133. The minimum absolute atomic E-state index is 0.0380. The maximum atomic E-state index is 12.5. The van der Waals surface area contributed by atoms with Gasteiger partial charge in [-0.05, 0) is 38.3 Å². The summed E-state index contributed by atoms with van der Waals surface area (Å²) in [6.45, 7) is 3.28. The fourth-order valence-corrected chi connectivity index (χ4v) is 3.92. The molecule has 6 heteroatoms. The van der Waals surface area contributed by atoms with Crippen LogP contribution < -0.4 is 5.32 Å². The summed E-state index contributed by atoms with van der Waals surface area (Å²) >= 11 is 1.86. The van der Waals surface area contributed by atoms with Crippen molar-refractivity contribution in [3.63, 3.8) is 0 Å². The van der Waals surface area contributed by atoms with Crippen molar-refractivity contribution in [3.8, 4) is 0 Å². The van der Waals surface area contributed by atoms with Gasteiger partial charge in [0.2, 0.25) is 11.8 Å². The van der Waals surface area contributed by atoms with E-state index in [1.165, 1.54) is 0 Å². The number of rotatable bonds is 6. The summed E-state index contributed by atoms with van der Waals surface area (Å²) in [7, 11) is 0. The number of hydrogen-bond acceptors (Lipinski definition) is 4. The molecule has 1 aromatic heterocycles. The van der Waals surface area contributed by atoms with Crippen LogP contribution in [0.3, 0.4) is 0 Å². The highest BCUT2D eigenvalue weighted by molar-refractivity contribution is 7.99. The van der Waals surface area contributed by atoms with E-state index in [1.807, 2.05) is 35.7 Å². The van der Waals surface area contributed by atoms with Crippen molar-refractivity contribution in [3.05, 3.63) is 23.7 Å². The van der Waals surface area contributed by atoms with E-state index < -0.39 is 0 Å². The molecule has 0 bridgehead atoms. The van der Waals surface area contributed by atoms with Crippen LogP contribution in [0, 0.1) is 12.8 Å². The highest BCUT2D eigenvalue weighted by Crippen LogP contribution is 2.31. The largest absolute Gasteiger partial charge is 0.464 e. The van der Waals surface area contributed by atoms with E-state index in [0.29, 0.717) is 19.4 Å². The Morgan fingerprint density at radius 1 is 1.39 bits per heavy atom. The van der Waals surface area contributed by atoms with Crippen LogP contribution >= 0.6 is 11.8 Å². The average Bonchev–Trinajstić information content (AvgIpc) is 3.33. The van der Waals surface area contributed by atoms with Crippen molar-refractivity contribution in [2.45, 2.75) is 38.6 Å². The first-order valence-electron chi connectivity index (χ1n) is 8.36. The average molecular weight is 336 g/mol. The van der Waals surface area contributed by atoms with E-state index in [0.717, 1.165) is 42.4 Å². The van der Waals surface area contributed by atoms with E-state index in [4.69, 9.17) is 4.42 Å². The molecule has 5 nitrogen and oxygen atoms in total. The SMILES string of the molecule is Cc1ccc([C@H]2CSCCN2C(=O)CCCNC(=O)C2CC2)o1. The van der Waals surface area contributed by atoms with Crippen LogP contribution in [0.1, 0.15) is 43.2 Å². The third-order valence-electron chi connectivity index (χ3n) is 4.35. The topological polar surface area (TPSA) is 62.6 Å². The van der Waals surface area contributed by atoms with Gasteiger partial charge in [-0.2, -0.15) is 11.8 Å². The number of nitrogens with zero attached hydrogens (tertiary/aromatic N) is 1. The van der Waals surface area contributed by atoms with Crippen LogP contribution in [0.5, 0.6) is 0 Å². The van der Waals surface area contributed by atoms with Crippen molar-refractivity contribution in [1.29, 1.82) is 0 Å². The zero-order valence-corrected chi connectivity index (χ0v) is 14.4. The maximum absolute atomic E-state index is 12.5. The Balaban J connectivity index is 1.48. The van der Waals surface area contributed by atoms with Crippen LogP contribution in [-0.2, 0) is 9.59 Å². The van der Waals surface area contributed by atoms with Gasteiger partial charge in [-0.3, -0.25) is 9.59 Å². The predicted octanol–water partition coefficient (Wildman–Crippen LogP) is 2.51. The van der Waals surface area contributed by atoms with Gasteiger partial charge in [-0.15, -0.1) is 0 Å². The number of carbonyl (C=O) groups is 2. The van der Waals surface area contributed by atoms with Gasteiger partial charge in [0.15, 0.2) is 0 Å². The Labute approximate surface area is 141 Å². The highest BCUT2D eigenvalue weighted by Gasteiger charge is 2.31. The monoisotopic (exact) mass is 336 g/mol. The Morgan fingerprint density at radius 3 is 2.91 bits per heavy atom. The first kappa shape index (κ1) is 16.4. The first-order chi connectivity index (χ1) is 11.1. The van der Waals surface area contributed by atoms with Crippen molar-refractivity contribution in [1.82, 2.24) is 10.2 Å². The molecule has 2 amide bonds. The molecule has 126 valence electrons. The Hall–Kier alpha value is -1.43. The molecule has 2 fully saturated rings. The van der Waals surface area contributed by atoms with Gasteiger partial charge in [0.05, 0.1) is 6.04 Å². The lowest BCUT2D eigenvalue weighted by Gasteiger charge is -2.34. The molecule has 1 saturated carbocycles. The fourth-order valence-electron chi connectivity index (χ4n) is 2.86. The second-order valence-electron chi connectivity index (χ2n) is 6.30. The molecular formula is C17H24N2O3S. The fraction of sp³-hybridized carbons (Fsp3) is 0.647. The van der Waals surface area contributed by atoms with Crippen LogP contribution in [-0.4, -0.2) is 41.3 Å². The standard InChI is InChI=1S/C17H24N2O3S/c1-12-4-7-15(22-12)14-11-23-10-9-19(14)16(20)3-2-8-18-17(21)13-5-6-13/h4,7,13-14H,2-3,5-6,8-11H2,1H3,(H,18,21)/t14-/m1/s1. The van der Waals surface area contributed by atoms with E-state index in [-0.39, 0.29) is 23.8 Å². The molecule has 1 aliphatic carbocycles. The molecule has 1 atom stereocenters. The number of furan rings is 1. The Bertz CT molecular complexity index is 568. The van der Waals surface area contributed by atoms with E-state index in [9.17, 15) is 9.59 Å². The lowest BCUT2D eigenvalue weighted by atomic mass is 10.1. The van der Waals surface area contributed by atoms with Crippen LogP contribution in [0.15, 0.2) is 16.5 Å². The Kier molecular flexibility index (Phi) is 5.30. The van der Waals surface area contributed by atoms with E-state index in [1.54, 1.807) is 0 Å². The Morgan fingerprint density at radius 2 is 2.22 bits per heavy atom. The number of aryl methyl sites for hydroxylation is 1. The first-order valence-corrected chi connectivity index (χ1v) is 9.52. The minimum Gasteiger partial charge on any atom is -0.464 e. The quantitative estimate of drug-likeness (QED) is 0.811. The molecule has 1 saturated heterocycles. The van der Waals surface area contributed by atoms with Crippen molar-refractivity contribution in [2.75, 3.05) is 24.6 Å². The molecule has 0 unspecified atom stereocenters. The summed E-state index contributed by atoms with van der Waals surface area (Å²) in [6, 6.07) is 3.96. The second-order valence-corrected chi connectivity index (χ2v) is 7.44. The summed E-state index contributed by atoms with van der Waals surface area (Å²) in [4.78, 5) is 26.1. The summed E-state index contributed by atoms with van der Waals surface area (Å²) < 4.78 is 5.73. The third kappa shape index (κ3) is 4.31. The molecule has 3 rings (SSSR count). The molecule has 1 aliphatic heterocycles. The van der Waals surface area contributed by atoms with Gasteiger partial charge in [-0.1, -0.05) is 0 Å². The number of nitrogens with one attached hydrogen (secondary N) is 1. The van der Waals surface area contributed by atoms with Crippen LogP contribution in [0.25, 0.3) is 0 Å². The summed E-state index contributed by atoms with van der Waals surface area (Å²) in [5, 5.41) is 2.92. The molecule has 1 aromatic rings. The van der Waals surface area contributed by atoms with Crippen LogP contribution in [0.2, 0.25) is 0 Å². The number of hydrogen-bond donors (Lipinski definition) is 1. The second kappa shape index (κ2) is 7.43. The summed E-state index contributed by atoms with van der Waals surface area (Å²) in [6.07, 6.45) is 3.21. The van der Waals surface area contributed by atoms with Gasteiger partial charge in [0, 0.05) is 36.9 Å². The summed E-state index contributed by atoms with van der Waals surface area (Å²) in [5.41, 5.74) is 0. The van der Waals surface area contributed by atoms with Gasteiger partial charge in [-0.25, -0.2) is 0 Å². The minimum atomic E-state index is 0.0380. The number of carbonyl (C=O) groups excluding carboxylic acids is 2. The van der Waals surface area contributed by atoms with Crippen molar-refractivity contribution >= 4 is 23.6 Å². The van der Waals surface area contributed by atoms with Crippen LogP contribution in [0.4, 0.5) is 0 Å². The van der Waals surface area contributed by atoms with Crippen molar-refractivity contribution in [2.24, 2.45) is 5.92 Å². The molecule has 1 N–H and O–H groups in total. The zero-order chi connectivity index (χ0) is 16.2. The van der Waals surface area contributed by atoms with Gasteiger partial charge in [0.1, 0.15) is 11.5 Å². The molecule has 0 aromatic carbocycles. The smallest absolute Gasteiger partial charge is 0.223 e. The molecule has 23 heavy (non-hydrogen) atoms. The molecular weight excluding hydrogens is 312 g/mol. The highest BCUT2D eigenvalue weighted by atomic mass is 32.2. The molecule has 2 aliphatic rings. The zero-order valence-electron chi connectivity index (χ0n) is 13.5. The van der Waals surface area contributed by atoms with E-state index >= 15 is 0 Å². The normalized spacial score (nSPS) is 21.3. The molecule has 0 radical (unpaired) electrons. The number of amides is 2. The van der Waals surface area contributed by atoms with Crippen molar-refractivity contribution < 1.29 is 14.0 Å². The maximum Gasteiger partial charge on any atom is 0.223 e. The van der Waals surface area contributed by atoms with Gasteiger partial charge >= 0.3 is 0 Å². The molecule has 2 heterocycles. The van der Waals surface area contributed by atoms with Gasteiger partial charge in [0.25, 0.3) is 0 Å². The lowest BCUT2D eigenvalue weighted by Crippen LogP contribution is -2.40. The third-order valence-corrected chi connectivity index (χ3v) is 5.38. The molecule has 0 spiro atoms. The summed E-state index contributed by atoms with van der Waals surface area (Å²) in [5.74, 6) is 4.16. The van der Waals surface area contributed by atoms with E-state index in [2.05, 4.69) is 5.32 Å². The van der Waals surface area contributed by atoms with Gasteiger partial charge < -0.3 is 14.6 Å².